The molecular formula is C14H24N4O3. The first-order valence-electron chi connectivity index (χ1n) is 6.99. The fourth-order valence-corrected chi connectivity index (χ4v) is 1.79. The van der Waals surface area contributed by atoms with Crippen LogP contribution in [-0.4, -0.2) is 33.7 Å². The number of carbonyl (C=O) groups excluding carboxylic acids is 2. The summed E-state index contributed by atoms with van der Waals surface area (Å²) in [5.41, 5.74) is 0.192. The van der Waals surface area contributed by atoms with Crippen molar-refractivity contribution in [3.05, 3.63) is 18.2 Å². The molecule has 0 aliphatic heterocycles. The van der Waals surface area contributed by atoms with Crippen molar-refractivity contribution in [3.63, 3.8) is 0 Å². The molecule has 118 valence electrons. The van der Waals surface area contributed by atoms with Crippen molar-refractivity contribution >= 4 is 12.0 Å². The first-order chi connectivity index (χ1) is 9.73. The molecule has 0 saturated carbocycles. The molecule has 1 aromatic heterocycles. The molecule has 1 aromatic rings. The second kappa shape index (κ2) is 7.10. The summed E-state index contributed by atoms with van der Waals surface area (Å²) in [5.74, 6) is -0.0961. The summed E-state index contributed by atoms with van der Waals surface area (Å²) in [6.07, 6.45) is 2.69. The van der Waals surface area contributed by atoms with Crippen LogP contribution >= 0.6 is 0 Å². The molecule has 0 aromatic carbocycles. The topological polar surface area (TPSA) is 85.3 Å². The van der Waals surface area contributed by atoms with Gasteiger partial charge in [0.1, 0.15) is 12.1 Å². The summed E-state index contributed by atoms with van der Waals surface area (Å²) in [6, 6.07) is -0.309. The Kier molecular flexibility index (Phi) is 5.75. The molecule has 2 amide bonds. The van der Waals surface area contributed by atoms with E-state index in [2.05, 4.69) is 15.6 Å². The van der Waals surface area contributed by atoms with Gasteiger partial charge in [-0.25, -0.2) is 9.78 Å². The van der Waals surface area contributed by atoms with Gasteiger partial charge in [0.25, 0.3) is 0 Å². The van der Waals surface area contributed by atoms with E-state index in [0.717, 1.165) is 5.69 Å². The van der Waals surface area contributed by atoms with Crippen LogP contribution in [0.1, 0.15) is 46.4 Å². The molecule has 0 spiro atoms. The molecule has 7 heteroatoms. The molecule has 0 bridgehead atoms. The maximum atomic E-state index is 11.8. The molecule has 0 aliphatic rings. The van der Waals surface area contributed by atoms with Crippen LogP contribution in [0.4, 0.5) is 4.79 Å². The molecule has 21 heavy (non-hydrogen) atoms. The summed E-state index contributed by atoms with van der Waals surface area (Å²) >= 11 is 0. The van der Waals surface area contributed by atoms with E-state index in [4.69, 9.17) is 4.74 Å². The van der Waals surface area contributed by atoms with E-state index < -0.39 is 11.7 Å². The van der Waals surface area contributed by atoms with Crippen molar-refractivity contribution in [3.8, 4) is 0 Å². The monoisotopic (exact) mass is 296 g/mol. The van der Waals surface area contributed by atoms with Gasteiger partial charge in [0, 0.05) is 6.54 Å². The Morgan fingerprint density at radius 2 is 2.10 bits per heavy atom. The molecule has 2 N–H and O–H groups in total. The minimum Gasteiger partial charge on any atom is -0.444 e. The van der Waals surface area contributed by atoms with Crippen LogP contribution in [0.3, 0.4) is 0 Å². The third-order valence-electron chi connectivity index (χ3n) is 2.61. The van der Waals surface area contributed by atoms with E-state index in [-0.39, 0.29) is 18.5 Å². The zero-order chi connectivity index (χ0) is 16.0. The lowest BCUT2D eigenvalue weighted by molar-refractivity contribution is -0.121. The van der Waals surface area contributed by atoms with Gasteiger partial charge in [-0.05, 0) is 34.6 Å². The van der Waals surface area contributed by atoms with Gasteiger partial charge in [-0.15, -0.1) is 0 Å². The van der Waals surface area contributed by atoms with Crippen molar-refractivity contribution in [2.24, 2.45) is 0 Å². The van der Waals surface area contributed by atoms with E-state index in [0.29, 0.717) is 6.54 Å². The number of hydrogen-bond acceptors (Lipinski definition) is 4. The highest BCUT2D eigenvalue weighted by Crippen LogP contribution is 2.13. The fourth-order valence-electron chi connectivity index (χ4n) is 1.79. The van der Waals surface area contributed by atoms with Crippen molar-refractivity contribution in [1.29, 1.82) is 0 Å². The highest BCUT2D eigenvalue weighted by atomic mass is 16.6. The summed E-state index contributed by atoms with van der Waals surface area (Å²) < 4.78 is 6.91. The van der Waals surface area contributed by atoms with Gasteiger partial charge in [0.2, 0.25) is 5.91 Å². The zero-order valence-corrected chi connectivity index (χ0v) is 13.3. The minimum atomic E-state index is -0.551. The maximum Gasteiger partial charge on any atom is 0.408 e. The second-order valence-corrected chi connectivity index (χ2v) is 5.77. The minimum absolute atomic E-state index is 0.0961. The third-order valence-corrected chi connectivity index (χ3v) is 2.61. The molecule has 1 rings (SSSR count). The van der Waals surface area contributed by atoms with Gasteiger partial charge in [0.15, 0.2) is 0 Å². The number of aromatic nitrogens is 2. The number of likely N-dealkylation sites (N-methyl/N-ethyl adjacent to an activating group) is 1. The Balaban J connectivity index is 2.67. The molecule has 1 atom stereocenters. The van der Waals surface area contributed by atoms with E-state index in [1.165, 1.54) is 0 Å². The number of rotatable bonds is 5. The lowest BCUT2D eigenvalue weighted by Crippen LogP contribution is -2.35. The quantitative estimate of drug-likeness (QED) is 0.864. The van der Waals surface area contributed by atoms with Gasteiger partial charge >= 0.3 is 6.09 Å². The molecule has 0 radical (unpaired) electrons. The fraction of sp³-hybridized carbons (Fsp3) is 0.643. The van der Waals surface area contributed by atoms with E-state index in [1.54, 1.807) is 37.9 Å². The molecular weight excluding hydrogens is 272 g/mol. The highest BCUT2D eigenvalue weighted by Gasteiger charge is 2.20. The molecule has 7 nitrogen and oxygen atoms in total. The molecule has 1 heterocycles. The highest BCUT2D eigenvalue weighted by molar-refractivity contribution is 5.75. The summed E-state index contributed by atoms with van der Waals surface area (Å²) in [4.78, 5) is 27.4. The standard InChI is InChI=1S/C14H24N4O3/c1-6-16-12(19)8-18-9-15-7-11(18)10(2)17-13(20)21-14(3,4)5/h7,9-10H,6,8H2,1-5H3,(H,16,19)(H,17,20). The van der Waals surface area contributed by atoms with Crippen molar-refractivity contribution in [2.45, 2.75) is 52.8 Å². The average molecular weight is 296 g/mol. The smallest absolute Gasteiger partial charge is 0.408 e. The van der Waals surface area contributed by atoms with Gasteiger partial charge in [0.05, 0.1) is 24.3 Å². The van der Waals surface area contributed by atoms with Crippen molar-refractivity contribution < 1.29 is 14.3 Å². The number of nitrogens with one attached hydrogen (secondary N) is 2. The second-order valence-electron chi connectivity index (χ2n) is 5.77. The predicted molar refractivity (Wildman–Crippen MR) is 78.7 cm³/mol. The van der Waals surface area contributed by atoms with E-state index in [1.807, 2.05) is 13.8 Å². The number of nitrogens with zero attached hydrogens (tertiary/aromatic N) is 2. The van der Waals surface area contributed by atoms with Crippen LogP contribution < -0.4 is 10.6 Å². The number of hydrogen-bond donors (Lipinski definition) is 2. The van der Waals surface area contributed by atoms with Crippen LogP contribution in [0.25, 0.3) is 0 Å². The molecule has 0 fully saturated rings. The number of alkyl carbamates (subject to hydrolysis) is 1. The predicted octanol–water partition coefficient (Wildman–Crippen LogP) is 1.60. The van der Waals surface area contributed by atoms with E-state index in [9.17, 15) is 9.59 Å². The first kappa shape index (κ1) is 17.0. The summed E-state index contributed by atoms with van der Waals surface area (Å²) in [6.45, 7) is 9.83. The maximum absolute atomic E-state index is 11.8. The van der Waals surface area contributed by atoms with Crippen LogP contribution in [0.2, 0.25) is 0 Å². The van der Waals surface area contributed by atoms with E-state index >= 15 is 0 Å². The molecule has 0 aliphatic carbocycles. The first-order valence-corrected chi connectivity index (χ1v) is 6.99. The SMILES string of the molecule is CCNC(=O)Cn1cncc1C(C)NC(=O)OC(C)(C)C. The van der Waals surface area contributed by atoms with Gasteiger partial charge in [-0.2, -0.15) is 0 Å². The Bertz CT molecular complexity index is 491. The van der Waals surface area contributed by atoms with Crippen LogP contribution in [0, 0.1) is 0 Å². The Morgan fingerprint density at radius 3 is 2.67 bits per heavy atom. The largest absolute Gasteiger partial charge is 0.444 e. The van der Waals surface area contributed by atoms with Crippen LogP contribution in [0.5, 0.6) is 0 Å². The van der Waals surface area contributed by atoms with Crippen LogP contribution in [-0.2, 0) is 16.1 Å². The molecule has 1 unspecified atom stereocenters. The zero-order valence-electron chi connectivity index (χ0n) is 13.3. The van der Waals surface area contributed by atoms with Gasteiger partial charge in [-0.1, -0.05) is 0 Å². The normalized spacial score (nSPS) is 12.6. The Morgan fingerprint density at radius 1 is 1.43 bits per heavy atom. The van der Waals surface area contributed by atoms with Gasteiger partial charge in [-0.3, -0.25) is 4.79 Å². The number of amides is 2. The Hall–Kier alpha value is -2.05. The third kappa shape index (κ3) is 5.85. The van der Waals surface area contributed by atoms with Gasteiger partial charge < -0.3 is 19.9 Å². The lowest BCUT2D eigenvalue weighted by Gasteiger charge is -2.22. The average Bonchev–Trinajstić information content (AvgIpc) is 2.74. The number of imidazole rings is 1. The van der Waals surface area contributed by atoms with Crippen LogP contribution in [0.15, 0.2) is 12.5 Å². The lowest BCUT2D eigenvalue weighted by atomic mass is 10.2. The number of ether oxygens (including phenoxy) is 1. The molecule has 0 saturated heterocycles. The summed E-state index contributed by atoms with van der Waals surface area (Å²) in [5, 5.41) is 5.45. The summed E-state index contributed by atoms with van der Waals surface area (Å²) in [7, 11) is 0. The number of carbonyl (C=O) groups is 2. The van der Waals surface area contributed by atoms with Crippen molar-refractivity contribution in [2.75, 3.05) is 6.54 Å². The van der Waals surface area contributed by atoms with Crippen molar-refractivity contribution in [1.82, 2.24) is 20.2 Å². The Labute approximate surface area is 125 Å².